The Bertz CT molecular complexity index is 2760. The van der Waals surface area contributed by atoms with E-state index in [9.17, 15) is 24.6 Å². The first-order valence-corrected chi connectivity index (χ1v) is 24.3. The van der Waals surface area contributed by atoms with Gasteiger partial charge >= 0.3 is 0 Å². The van der Waals surface area contributed by atoms with E-state index in [0.717, 1.165) is 51.3 Å². The summed E-state index contributed by atoms with van der Waals surface area (Å²) >= 11 is 7.69. The quantitative estimate of drug-likeness (QED) is 0.0403. The van der Waals surface area contributed by atoms with E-state index in [1.165, 1.54) is 11.3 Å². The zero-order valence-electron chi connectivity index (χ0n) is 39.8. The van der Waals surface area contributed by atoms with Crippen LogP contribution in [0.15, 0.2) is 59.9 Å². The Morgan fingerprint density at radius 1 is 1.01 bits per heavy atom. The van der Waals surface area contributed by atoms with Crippen LogP contribution in [0.2, 0.25) is 5.02 Å². The smallest absolute Gasteiger partial charge is 0.254 e. The SMILES string of the molecule is CC(=N)N1C(=N)[C@H](CC(=O)N2CCN(C)CC2)N=C(c2ccc(Cl)cc2)c2c1sc(C#Cc1cnn(CCOCCOCCOCC#Cc3cccc4c3CN(C(C)CCC(=O)NC=O)C4=O)c1)c2C. The molecule has 0 aliphatic carbocycles. The second-order valence-electron chi connectivity index (χ2n) is 17.1. The number of thiophene rings is 1. The Kier molecular flexibility index (Phi) is 17.9. The largest absolute Gasteiger partial charge is 0.377 e. The van der Waals surface area contributed by atoms with Gasteiger partial charge in [-0.25, -0.2) is 0 Å². The maximum atomic E-state index is 13.6. The summed E-state index contributed by atoms with van der Waals surface area (Å²) in [5.74, 6) is 12.4. The van der Waals surface area contributed by atoms with Gasteiger partial charge in [-0.15, -0.1) is 11.3 Å². The molecule has 4 amide bonds. The number of ether oxygens (including phenoxy) is 3. The Balaban J connectivity index is 0.870. The molecule has 5 heterocycles. The van der Waals surface area contributed by atoms with Crippen LogP contribution in [0.4, 0.5) is 5.00 Å². The standard InChI is InChI=1S/C51H57ClN10O7S/c1-34(10-17-45(64)55-33-63)61-32-42-38(7-5-9-41(42)50(61)66)8-6-23-67-25-27-69-28-26-68-24-22-60-31-37(30-56-60)11-16-44-35(2)47-48(39-12-14-40(52)15-13-39)57-43(49(54)62(36(3)53)51(47)70-44)29-46(65)59-20-18-58(4)19-21-59/h5,7,9,12-15,30-31,33-34,43,53-54H,10,17-29,32H2,1-4H3,(H,55,63,64)/t34?,43-/m0/s1. The van der Waals surface area contributed by atoms with Crippen LogP contribution in [0, 0.1) is 41.4 Å². The van der Waals surface area contributed by atoms with Crippen LogP contribution in [-0.4, -0.2) is 151 Å². The Labute approximate surface area is 417 Å². The predicted molar refractivity (Wildman–Crippen MR) is 269 cm³/mol. The zero-order valence-corrected chi connectivity index (χ0v) is 41.4. The van der Waals surface area contributed by atoms with Gasteiger partial charge in [-0.05, 0) is 69.6 Å². The maximum absolute atomic E-state index is 13.6. The van der Waals surface area contributed by atoms with Gasteiger partial charge < -0.3 is 28.9 Å². The Morgan fingerprint density at radius 3 is 2.47 bits per heavy atom. The molecular weight excluding hydrogens is 932 g/mol. The minimum absolute atomic E-state index is 0.0187. The minimum Gasteiger partial charge on any atom is -0.377 e. The molecule has 3 N–H and O–H groups in total. The number of nitrogens with one attached hydrogen (secondary N) is 3. The molecule has 0 radical (unpaired) electrons. The van der Waals surface area contributed by atoms with E-state index in [2.05, 4.69) is 39.0 Å². The summed E-state index contributed by atoms with van der Waals surface area (Å²) < 4.78 is 18.8. The number of hydrogen-bond acceptors (Lipinski definition) is 13. The first-order valence-electron chi connectivity index (χ1n) is 23.1. The van der Waals surface area contributed by atoms with Gasteiger partial charge in [-0.1, -0.05) is 53.5 Å². The number of piperazine rings is 1. The number of aliphatic imine (C=N–C) groups is 1. The summed E-state index contributed by atoms with van der Waals surface area (Å²) in [6.45, 7) is 11.4. The molecule has 17 nitrogen and oxygen atoms in total. The van der Waals surface area contributed by atoms with Gasteiger partial charge in [0.25, 0.3) is 5.91 Å². The van der Waals surface area contributed by atoms with E-state index in [4.69, 9.17) is 36.2 Å². The number of carbonyl (C=O) groups is 4. The molecule has 0 bridgehead atoms. The number of rotatable bonds is 18. The zero-order chi connectivity index (χ0) is 49.7. The number of carbonyl (C=O) groups excluding carboxylic acids is 4. The highest BCUT2D eigenvalue weighted by Crippen LogP contribution is 2.40. The number of aromatic nitrogens is 2. The van der Waals surface area contributed by atoms with E-state index >= 15 is 0 Å². The van der Waals surface area contributed by atoms with Crippen molar-refractivity contribution in [3.63, 3.8) is 0 Å². The third-order valence-electron chi connectivity index (χ3n) is 12.2. The van der Waals surface area contributed by atoms with Crippen molar-refractivity contribution in [2.24, 2.45) is 4.99 Å². The number of nitrogens with zero attached hydrogens (tertiary/aromatic N) is 7. The van der Waals surface area contributed by atoms with Gasteiger partial charge in [0.15, 0.2) is 0 Å². The summed E-state index contributed by atoms with van der Waals surface area (Å²) in [6.07, 6.45) is 4.52. The number of benzene rings is 2. The van der Waals surface area contributed by atoms with Crippen LogP contribution in [-0.2, 0) is 41.7 Å². The highest BCUT2D eigenvalue weighted by molar-refractivity contribution is 7.17. The first kappa shape index (κ1) is 51.3. The van der Waals surface area contributed by atoms with Crippen molar-refractivity contribution in [1.29, 1.82) is 10.8 Å². The number of amidine groups is 2. The molecule has 2 aromatic carbocycles. The molecule has 3 aliphatic heterocycles. The molecule has 7 rings (SSSR count). The van der Waals surface area contributed by atoms with Crippen molar-refractivity contribution in [1.82, 2.24) is 29.8 Å². The lowest BCUT2D eigenvalue weighted by atomic mass is 9.99. The Hall–Kier alpha value is -6.51. The van der Waals surface area contributed by atoms with Crippen LogP contribution in [0.3, 0.4) is 0 Å². The fourth-order valence-electron chi connectivity index (χ4n) is 8.24. The van der Waals surface area contributed by atoms with Crippen LogP contribution in [0.25, 0.3) is 0 Å². The molecule has 19 heteroatoms. The molecule has 1 fully saturated rings. The molecule has 2 aromatic heterocycles. The third kappa shape index (κ3) is 12.8. The number of halogens is 1. The maximum Gasteiger partial charge on any atom is 0.254 e. The van der Waals surface area contributed by atoms with Crippen molar-refractivity contribution in [3.05, 3.63) is 104 Å². The van der Waals surface area contributed by atoms with Crippen molar-refractivity contribution >= 4 is 69.5 Å². The van der Waals surface area contributed by atoms with Crippen LogP contribution in [0.1, 0.15) is 81.7 Å². The number of anilines is 1. The predicted octanol–water partition coefficient (Wildman–Crippen LogP) is 4.97. The monoisotopic (exact) mass is 988 g/mol. The number of amides is 4. The molecular formula is C51H57ClN10O7S. The Morgan fingerprint density at radius 2 is 1.74 bits per heavy atom. The molecule has 0 spiro atoms. The summed E-state index contributed by atoms with van der Waals surface area (Å²) in [5, 5.41) is 26.0. The van der Waals surface area contributed by atoms with Gasteiger partial charge in [0, 0.05) is 78.7 Å². The highest BCUT2D eigenvalue weighted by Gasteiger charge is 2.36. The van der Waals surface area contributed by atoms with Crippen LogP contribution in [0.5, 0.6) is 0 Å². The highest BCUT2D eigenvalue weighted by atomic mass is 35.5. The van der Waals surface area contributed by atoms with E-state index in [1.807, 2.05) is 56.3 Å². The molecule has 1 unspecified atom stereocenters. The van der Waals surface area contributed by atoms with Crippen molar-refractivity contribution in [3.8, 4) is 23.7 Å². The average Bonchev–Trinajstić information content (AvgIpc) is 4.02. The molecule has 0 saturated carbocycles. The lowest BCUT2D eigenvalue weighted by Crippen LogP contribution is -2.49. The van der Waals surface area contributed by atoms with E-state index in [1.54, 1.807) is 45.8 Å². The lowest BCUT2D eigenvalue weighted by molar-refractivity contribution is -0.132. The van der Waals surface area contributed by atoms with Crippen molar-refractivity contribution < 1.29 is 33.4 Å². The number of fused-ring (bicyclic) bond motifs is 2. The summed E-state index contributed by atoms with van der Waals surface area (Å²) in [5.41, 5.74) is 5.97. The van der Waals surface area contributed by atoms with Gasteiger partial charge in [0.2, 0.25) is 18.2 Å². The van der Waals surface area contributed by atoms with E-state index < -0.39 is 6.04 Å². The second kappa shape index (κ2) is 24.4. The first-order chi connectivity index (χ1) is 33.8. The molecule has 366 valence electrons. The molecule has 3 aliphatic rings. The molecule has 2 atom stereocenters. The number of hydrogen-bond donors (Lipinski definition) is 3. The fourth-order valence-corrected chi connectivity index (χ4v) is 9.59. The number of likely N-dealkylation sites (N-methyl/N-ethyl adjacent to an activating group) is 1. The number of imide groups is 1. The minimum atomic E-state index is -0.804. The van der Waals surface area contributed by atoms with Gasteiger partial charge in [0.1, 0.15) is 29.3 Å². The van der Waals surface area contributed by atoms with Crippen molar-refractivity contribution in [2.45, 2.75) is 65.2 Å². The fraction of sp³-hybridized carbons (Fsp3) is 0.412. The van der Waals surface area contributed by atoms with Gasteiger partial charge in [-0.2, -0.15) is 5.10 Å². The molecule has 1 saturated heterocycles. The van der Waals surface area contributed by atoms with E-state index in [0.29, 0.717) is 93.3 Å². The second-order valence-corrected chi connectivity index (χ2v) is 18.5. The summed E-state index contributed by atoms with van der Waals surface area (Å²) in [7, 11) is 2.04. The van der Waals surface area contributed by atoms with E-state index in [-0.39, 0.29) is 54.9 Å². The third-order valence-corrected chi connectivity index (χ3v) is 13.6. The topological polar surface area (TPSA) is 199 Å². The summed E-state index contributed by atoms with van der Waals surface area (Å²) in [6, 6.07) is 11.8. The van der Waals surface area contributed by atoms with Crippen molar-refractivity contribution in [2.75, 3.05) is 77.8 Å². The van der Waals surface area contributed by atoms with Gasteiger partial charge in [-0.3, -0.25) is 49.9 Å². The average molecular weight is 990 g/mol. The normalized spacial score (nSPS) is 16.0. The lowest BCUT2D eigenvalue weighted by Gasteiger charge is -2.33. The van der Waals surface area contributed by atoms with Crippen LogP contribution >= 0.6 is 22.9 Å². The van der Waals surface area contributed by atoms with Gasteiger partial charge in [0.05, 0.1) is 68.3 Å². The molecule has 4 aromatic rings. The summed E-state index contributed by atoms with van der Waals surface area (Å²) in [4.78, 5) is 62.1. The van der Waals surface area contributed by atoms with Crippen LogP contribution < -0.4 is 10.2 Å². The molecule has 70 heavy (non-hydrogen) atoms.